The van der Waals surface area contributed by atoms with Crippen LogP contribution >= 0.6 is 0 Å². The number of hydrogen-bond donors (Lipinski definition) is 1. The lowest BCUT2D eigenvalue weighted by Gasteiger charge is -2.23. The molecule has 2 atom stereocenters. The number of carbonyl (C=O) groups is 1. The van der Waals surface area contributed by atoms with E-state index in [1.807, 2.05) is 6.07 Å². The van der Waals surface area contributed by atoms with Crippen LogP contribution in [0.4, 0.5) is 13.2 Å². The number of alkyl halides is 1. The molecule has 1 aliphatic heterocycles. The summed E-state index contributed by atoms with van der Waals surface area (Å²) in [7, 11) is 1.65. The van der Waals surface area contributed by atoms with Crippen molar-refractivity contribution in [3.05, 3.63) is 89.1 Å². The molecule has 1 fully saturated rings. The first-order valence-electron chi connectivity index (χ1n) is 12.3. The normalized spacial score (nSPS) is 16.9. The van der Waals surface area contributed by atoms with E-state index in [0.717, 1.165) is 6.07 Å². The van der Waals surface area contributed by atoms with Crippen molar-refractivity contribution in [3.8, 4) is 28.3 Å². The minimum Gasteiger partial charge on any atom is -0.340 e. The van der Waals surface area contributed by atoms with E-state index >= 15 is 0 Å². The molecule has 3 aromatic carbocycles. The number of halogens is 3. The summed E-state index contributed by atoms with van der Waals surface area (Å²) in [6.07, 6.45) is 0.914. The number of nitrogens with zero attached hydrogens (tertiary/aromatic N) is 3. The van der Waals surface area contributed by atoms with Crippen LogP contribution in [0.1, 0.15) is 27.9 Å². The Kier molecular flexibility index (Phi) is 6.87. The van der Waals surface area contributed by atoms with Gasteiger partial charge in [-0.25, -0.2) is 13.2 Å². The van der Waals surface area contributed by atoms with Crippen molar-refractivity contribution in [3.63, 3.8) is 0 Å². The number of rotatable bonds is 5. The highest BCUT2D eigenvalue weighted by molar-refractivity contribution is 6.12. The Balaban J connectivity index is 1.69. The Hall–Kier alpha value is -4.22. The van der Waals surface area contributed by atoms with Gasteiger partial charge in [0.05, 0.1) is 22.7 Å². The number of benzene rings is 3. The quantitative estimate of drug-likeness (QED) is 0.366. The minimum atomic E-state index is -0.955. The Morgan fingerprint density at radius 2 is 1.84 bits per heavy atom. The molecule has 1 aromatic heterocycles. The van der Waals surface area contributed by atoms with Gasteiger partial charge < -0.3 is 10.2 Å². The van der Waals surface area contributed by atoms with Crippen molar-refractivity contribution >= 4 is 16.8 Å². The van der Waals surface area contributed by atoms with Crippen LogP contribution in [0, 0.1) is 29.9 Å². The van der Waals surface area contributed by atoms with E-state index in [9.17, 15) is 23.2 Å². The van der Waals surface area contributed by atoms with E-state index in [1.165, 1.54) is 23.1 Å². The number of amides is 1. The number of nitrogens with one attached hydrogen (secondary N) is 1. The van der Waals surface area contributed by atoms with Gasteiger partial charge in [0.25, 0.3) is 5.91 Å². The van der Waals surface area contributed by atoms with Crippen LogP contribution in [0.2, 0.25) is 0 Å². The molecule has 8 heteroatoms. The van der Waals surface area contributed by atoms with Gasteiger partial charge in [-0.05, 0) is 78.1 Å². The Morgan fingerprint density at radius 3 is 2.55 bits per heavy atom. The molecule has 1 N–H and O–H groups in total. The predicted octanol–water partition coefficient (Wildman–Crippen LogP) is 5.80. The summed E-state index contributed by atoms with van der Waals surface area (Å²) >= 11 is 0. The monoisotopic (exact) mass is 514 g/mol. The van der Waals surface area contributed by atoms with E-state index in [-0.39, 0.29) is 24.1 Å². The van der Waals surface area contributed by atoms with Crippen molar-refractivity contribution < 1.29 is 18.0 Å². The number of aryl methyl sites for hydroxylation is 1. The fourth-order valence-corrected chi connectivity index (χ4v) is 5.05. The molecule has 0 unspecified atom stereocenters. The lowest BCUT2D eigenvalue weighted by Crippen LogP contribution is -2.38. The van der Waals surface area contributed by atoms with Gasteiger partial charge in [0.15, 0.2) is 0 Å². The van der Waals surface area contributed by atoms with E-state index < -0.39 is 17.8 Å². The number of aromatic nitrogens is 1. The summed E-state index contributed by atoms with van der Waals surface area (Å²) in [4.78, 5) is 20.0. The van der Waals surface area contributed by atoms with E-state index in [1.54, 1.807) is 50.5 Å². The second kappa shape index (κ2) is 10.3. The number of pyridine rings is 1. The Labute approximate surface area is 218 Å². The van der Waals surface area contributed by atoms with Crippen molar-refractivity contribution in [1.29, 1.82) is 5.26 Å². The van der Waals surface area contributed by atoms with Gasteiger partial charge in [0.2, 0.25) is 0 Å². The molecular formula is C30H25F3N4O. The van der Waals surface area contributed by atoms with Crippen LogP contribution in [-0.4, -0.2) is 48.1 Å². The molecule has 1 amide bonds. The Bertz CT molecular complexity index is 1580. The fourth-order valence-electron chi connectivity index (χ4n) is 5.05. The average Bonchev–Trinajstić information content (AvgIpc) is 3.30. The van der Waals surface area contributed by atoms with E-state index in [2.05, 4.69) is 10.3 Å². The molecule has 5 rings (SSSR count). The summed E-state index contributed by atoms with van der Waals surface area (Å²) in [5.41, 5.74) is 3.73. The number of fused-ring (bicyclic) bond motifs is 1. The molecule has 0 radical (unpaired) electrons. The molecule has 5 nitrogen and oxygen atoms in total. The molecule has 2 heterocycles. The van der Waals surface area contributed by atoms with Crippen LogP contribution in [0.3, 0.4) is 0 Å². The topological polar surface area (TPSA) is 69.0 Å². The number of hydrogen-bond acceptors (Lipinski definition) is 4. The summed E-state index contributed by atoms with van der Waals surface area (Å²) in [5, 5.41) is 12.9. The van der Waals surface area contributed by atoms with Crippen LogP contribution in [0.25, 0.3) is 33.2 Å². The lowest BCUT2D eigenvalue weighted by molar-refractivity contribution is 0.0785. The number of nitriles is 1. The first-order chi connectivity index (χ1) is 18.2. The maximum atomic E-state index is 14.4. The van der Waals surface area contributed by atoms with Crippen molar-refractivity contribution in [2.24, 2.45) is 0 Å². The molecule has 0 bridgehead atoms. The van der Waals surface area contributed by atoms with Crippen molar-refractivity contribution in [2.75, 3.05) is 20.1 Å². The fraction of sp³-hybridized carbons (Fsp3) is 0.233. The summed E-state index contributed by atoms with van der Waals surface area (Å²) in [6, 6.07) is 15.6. The molecule has 4 aromatic rings. The average molecular weight is 515 g/mol. The van der Waals surface area contributed by atoms with Gasteiger partial charge in [-0.15, -0.1) is 0 Å². The molecule has 0 spiro atoms. The van der Waals surface area contributed by atoms with E-state index in [4.69, 9.17) is 0 Å². The molecule has 192 valence electrons. The third kappa shape index (κ3) is 5.11. The minimum absolute atomic E-state index is 0.175. The third-order valence-corrected chi connectivity index (χ3v) is 6.80. The van der Waals surface area contributed by atoms with Crippen LogP contribution in [0.15, 0.2) is 60.8 Å². The maximum absolute atomic E-state index is 14.4. The zero-order valence-electron chi connectivity index (χ0n) is 20.9. The van der Waals surface area contributed by atoms with Gasteiger partial charge >= 0.3 is 0 Å². The maximum Gasteiger partial charge on any atom is 0.255 e. The summed E-state index contributed by atoms with van der Waals surface area (Å²) in [6.45, 7) is 2.31. The molecule has 0 saturated carbocycles. The number of carbonyl (C=O) groups excluding carboxylic acids is 1. The zero-order valence-corrected chi connectivity index (χ0v) is 20.9. The molecule has 1 saturated heterocycles. The highest BCUT2D eigenvalue weighted by Crippen LogP contribution is 2.34. The highest BCUT2D eigenvalue weighted by Gasteiger charge is 2.28. The second-order valence-electron chi connectivity index (χ2n) is 9.76. The zero-order chi connectivity index (χ0) is 27.0. The molecule has 1 aliphatic rings. The van der Waals surface area contributed by atoms with Gasteiger partial charge in [0, 0.05) is 43.3 Å². The van der Waals surface area contributed by atoms with Crippen LogP contribution < -0.4 is 5.32 Å². The smallest absolute Gasteiger partial charge is 0.255 e. The van der Waals surface area contributed by atoms with Gasteiger partial charge in [0.1, 0.15) is 17.8 Å². The van der Waals surface area contributed by atoms with Crippen molar-refractivity contribution in [2.45, 2.75) is 25.6 Å². The van der Waals surface area contributed by atoms with Gasteiger partial charge in [-0.2, -0.15) is 5.26 Å². The lowest BCUT2D eigenvalue weighted by atomic mass is 9.93. The van der Waals surface area contributed by atoms with Crippen LogP contribution in [-0.2, 0) is 0 Å². The largest absolute Gasteiger partial charge is 0.340 e. The summed E-state index contributed by atoms with van der Waals surface area (Å²) in [5.74, 6) is -1.31. The van der Waals surface area contributed by atoms with Gasteiger partial charge in [-0.1, -0.05) is 12.1 Å². The first kappa shape index (κ1) is 25.4. The predicted molar refractivity (Wildman–Crippen MR) is 140 cm³/mol. The molecule has 38 heavy (non-hydrogen) atoms. The second-order valence-corrected chi connectivity index (χ2v) is 9.76. The first-order valence-corrected chi connectivity index (χ1v) is 12.3. The SMILES string of the molecule is Cc1cc(F)cc(-c2cnc3ccc(-c4cc(F)cc(C#N)c4)cc3c2C(=O)N(C)C[C@@H]2C[C@@H](F)CN2)c1. The molecule has 0 aliphatic carbocycles. The standard InChI is InChI=1S/C30H25F3N4O/c1-17-5-21(10-22(31)6-17)27-15-36-28-4-3-19(20-7-18(13-34)8-23(32)9-20)11-26(28)29(27)30(38)37(2)16-25-12-24(33)14-35-25/h3-11,15,24-25,35H,12,14,16H2,1-2H3/t24-,25+/m1/s1. The van der Waals surface area contributed by atoms with E-state index in [0.29, 0.717) is 57.2 Å². The Morgan fingerprint density at radius 1 is 1.08 bits per heavy atom. The number of likely N-dealkylation sites (N-methyl/N-ethyl adjacent to an activating group) is 1. The van der Waals surface area contributed by atoms with Gasteiger partial charge in [-0.3, -0.25) is 9.78 Å². The molecular weight excluding hydrogens is 489 g/mol. The van der Waals surface area contributed by atoms with Crippen molar-refractivity contribution in [1.82, 2.24) is 15.2 Å². The summed E-state index contributed by atoms with van der Waals surface area (Å²) < 4.78 is 42.4. The third-order valence-electron chi connectivity index (χ3n) is 6.80. The highest BCUT2D eigenvalue weighted by atomic mass is 19.1. The van der Waals surface area contributed by atoms with Crippen LogP contribution in [0.5, 0.6) is 0 Å².